The predicted octanol–water partition coefficient (Wildman–Crippen LogP) is 2.33. The average molecular weight is 370 g/mol. The summed E-state index contributed by atoms with van der Waals surface area (Å²) >= 11 is 2.95. The van der Waals surface area contributed by atoms with E-state index in [1.165, 1.54) is 16.4 Å². The summed E-state index contributed by atoms with van der Waals surface area (Å²) in [5.74, 6) is 7.20. The van der Waals surface area contributed by atoms with E-state index < -0.39 is 0 Å². The Labute approximate surface area is 151 Å². The lowest BCUT2D eigenvalue weighted by atomic mass is 10.3. The monoisotopic (exact) mass is 370 g/mol. The molecule has 4 heterocycles. The van der Waals surface area contributed by atoms with E-state index in [0.717, 1.165) is 10.6 Å². The van der Waals surface area contributed by atoms with Gasteiger partial charge in [-0.25, -0.2) is 9.66 Å². The molecule has 0 bridgehead atoms. The van der Waals surface area contributed by atoms with Gasteiger partial charge in [-0.2, -0.15) is 0 Å². The molecule has 2 N–H and O–H groups in total. The van der Waals surface area contributed by atoms with Crippen molar-refractivity contribution < 1.29 is 0 Å². The van der Waals surface area contributed by atoms with E-state index in [4.69, 9.17) is 5.84 Å². The Morgan fingerprint density at radius 2 is 2.12 bits per heavy atom. The molecule has 0 fully saturated rings. The van der Waals surface area contributed by atoms with Crippen LogP contribution in [0.5, 0.6) is 0 Å². The van der Waals surface area contributed by atoms with Gasteiger partial charge in [0.1, 0.15) is 5.65 Å². The van der Waals surface area contributed by atoms with Crippen LogP contribution in [0.15, 0.2) is 51.7 Å². The fourth-order valence-electron chi connectivity index (χ4n) is 2.53. The van der Waals surface area contributed by atoms with Crippen LogP contribution in [0, 0.1) is 6.92 Å². The number of rotatable bonds is 4. The standard InChI is InChI=1S/C16H14N6OS2/c1-10-4-2-6-13-18-11(8-14(23)21(10)13)9-25-16-20-19-15(22(16)17)12-5-3-7-24-12/h2-8H,9,17H2,1H3. The van der Waals surface area contributed by atoms with E-state index in [1.54, 1.807) is 21.8 Å². The molecule has 4 rings (SSSR count). The second-order valence-electron chi connectivity index (χ2n) is 5.39. The molecule has 7 nitrogen and oxygen atoms in total. The molecule has 0 radical (unpaired) electrons. The second kappa shape index (κ2) is 6.34. The summed E-state index contributed by atoms with van der Waals surface area (Å²) in [5, 5.41) is 10.8. The van der Waals surface area contributed by atoms with Gasteiger partial charge in [0, 0.05) is 17.5 Å². The van der Waals surface area contributed by atoms with Crippen LogP contribution in [-0.4, -0.2) is 24.3 Å². The van der Waals surface area contributed by atoms with Crippen LogP contribution >= 0.6 is 23.1 Å². The highest BCUT2D eigenvalue weighted by Crippen LogP contribution is 2.26. The molecule has 25 heavy (non-hydrogen) atoms. The number of thioether (sulfide) groups is 1. The quantitative estimate of drug-likeness (QED) is 0.438. The summed E-state index contributed by atoms with van der Waals surface area (Å²) in [4.78, 5) is 17.8. The maximum Gasteiger partial charge on any atom is 0.258 e. The lowest BCUT2D eigenvalue weighted by Gasteiger charge is -2.06. The Kier molecular flexibility index (Phi) is 4.02. The highest BCUT2D eigenvalue weighted by atomic mass is 32.2. The summed E-state index contributed by atoms with van der Waals surface area (Å²) in [7, 11) is 0. The SMILES string of the molecule is Cc1cccc2nc(CSc3nnc(-c4cccs4)n3N)cc(=O)n12. The Morgan fingerprint density at radius 3 is 2.92 bits per heavy atom. The first-order chi connectivity index (χ1) is 12.1. The number of hydrogen-bond acceptors (Lipinski definition) is 7. The summed E-state index contributed by atoms with van der Waals surface area (Å²) in [5.41, 5.74) is 2.08. The van der Waals surface area contributed by atoms with Gasteiger partial charge in [-0.3, -0.25) is 9.20 Å². The minimum absolute atomic E-state index is 0.0906. The van der Waals surface area contributed by atoms with Crippen LogP contribution in [0.2, 0.25) is 0 Å². The van der Waals surface area contributed by atoms with Crippen molar-refractivity contribution >= 4 is 28.7 Å². The van der Waals surface area contributed by atoms with Crippen molar-refractivity contribution in [3.63, 3.8) is 0 Å². The maximum absolute atomic E-state index is 12.3. The largest absolute Gasteiger partial charge is 0.335 e. The van der Waals surface area contributed by atoms with Crippen LogP contribution in [0.4, 0.5) is 0 Å². The van der Waals surface area contributed by atoms with E-state index >= 15 is 0 Å². The van der Waals surface area contributed by atoms with Crippen molar-refractivity contribution in [1.29, 1.82) is 0 Å². The van der Waals surface area contributed by atoms with E-state index in [1.807, 2.05) is 42.6 Å². The molecule has 0 spiro atoms. The molecule has 0 aliphatic carbocycles. The van der Waals surface area contributed by atoms with Gasteiger partial charge in [0.05, 0.1) is 10.6 Å². The van der Waals surface area contributed by atoms with Crippen molar-refractivity contribution in [2.75, 3.05) is 5.84 Å². The topological polar surface area (TPSA) is 91.1 Å². The van der Waals surface area contributed by atoms with Gasteiger partial charge in [-0.1, -0.05) is 23.9 Å². The summed E-state index contributed by atoms with van der Waals surface area (Å²) in [6.45, 7) is 1.88. The first-order valence-electron chi connectivity index (χ1n) is 7.49. The third-order valence-corrected chi connectivity index (χ3v) is 5.53. The second-order valence-corrected chi connectivity index (χ2v) is 7.28. The Balaban J connectivity index is 1.60. The van der Waals surface area contributed by atoms with Crippen LogP contribution in [-0.2, 0) is 5.75 Å². The van der Waals surface area contributed by atoms with Crippen LogP contribution in [0.3, 0.4) is 0 Å². The van der Waals surface area contributed by atoms with Gasteiger partial charge in [0.25, 0.3) is 5.56 Å². The molecule has 0 atom stereocenters. The third-order valence-electron chi connectivity index (χ3n) is 3.69. The van der Waals surface area contributed by atoms with Crippen LogP contribution in [0.25, 0.3) is 16.3 Å². The highest BCUT2D eigenvalue weighted by Gasteiger charge is 2.13. The lowest BCUT2D eigenvalue weighted by molar-refractivity contribution is 0.849. The van der Waals surface area contributed by atoms with E-state index in [0.29, 0.717) is 28.1 Å². The maximum atomic E-state index is 12.3. The van der Waals surface area contributed by atoms with Gasteiger partial charge < -0.3 is 5.84 Å². The number of nitrogen functional groups attached to an aromatic ring is 1. The molecular formula is C16H14N6OS2. The van der Waals surface area contributed by atoms with E-state index in [2.05, 4.69) is 15.2 Å². The van der Waals surface area contributed by atoms with Gasteiger partial charge >= 0.3 is 0 Å². The lowest BCUT2D eigenvalue weighted by Crippen LogP contribution is -2.17. The Bertz CT molecular complexity index is 1100. The van der Waals surface area contributed by atoms with E-state index in [-0.39, 0.29) is 5.56 Å². The zero-order valence-electron chi connectivity index (χ0n) is 13.3. The van der Waals surface area contributed by atoms with Crippen molar-refractivity contribution in [3.8, 4) is 10.7 Å². The number of aromatic nitrogens is 5. The number of aryl methyl sites for hydroxylation is 1. The highest BCUT2D eigenvalue weighted by molar-refractivity contribution is 7.98. The van der Waals surface area contributed by atoms with Crippen molar-refractivity contribution in [2.45, 2.75) is 17.8 Å². The van der Waals surface area contributed by atoms with Gasteiger partial charge in [-0.15, -0.1) is 21.5 Å². The zero-order chi connectivity index (χ0) is 17.4. The molecule has 0 aromatic carbocycles. The first kappa shape index (κ1) is 15.9. The summed E-state index contributed by atoms with van der Waals surface area (Å²) < 4.78 is 3.06. The average Bonchev–Trinajstić information content (AvgIpc) is 3.22. The molecule has 0 aliphatic rings. The van der Waals surface area contributed by atoms with Crippen LogP contribution in [0.1, 0.15) is 11.4 Å². The molecule has 4 aromatic rings. The van der Waals surface area contributed by atoms with Gasteiger partial charge in [0.15, 0.2) is 5.82 Å². The molecule has 0 aliphatic heterocycles. The third kappa shape index (κ3) is 2.92. The van der Waals surface area contributed by atoms with Crippen LogP contribution < -0.4 is 11.4 Å². The smallest absolute Gasteiger partial charge is 0.258 e. The molecule has 126 valence electrons. The minimum atomic E-state index is -0.0906. The van der Waals surface area contributed by atoms with Gasteiger partial charge in [0.2, 0.25) is 5.16 Å². The van der Waals surface area contributed by atoms with Crippen molar-refractivity contribution in [3.05, 3.63) is 63.5 Å². The Morgan fingerprint density at radius 1 is 1.24 bits per heavy atom. The summed E-state index contributed by atoms with van der Waals surface area (Å²) in [6.07, 6.45) is 0. The molecule has 0 saturated heterocycles. The number of pyridine rings is 1. The van der Waals surface area contributed by atoms with E-state index in [9.17, 15) is 4.79 Å². The number of fused-ring (bicyclic) bond motifs is 1. The van der Waals surface area contributed by atoms with Crippen molar-refractivity contribution in [2.24, 2.45) is 0 Å². The number of hydrogen-bond donors (Lipinski definition) is 1. The molecule has 9 heteroatoms. The molecule has 0 amide bonds. The predicted molar refractivity (Wildman–Crippen MR) is 99.2 cm³/mol. The summed E-state index contributed by atoms with van der Waals surface area (Å²) in [6, 6.07) is 11.0. The first-order valence-corrected chi connectivity index (χ1v) is 9.35. The fourth-order valence-corrected chi connectivity index (χ4v) is 3.98. The number of nitrogens with two attached hydrogens (primary N) is 1. The Hall–Kier alpha value is -2.65. The molecule has 0 saturated carbocycles. The number of thiophene rings is 1. The zero-order valence-corrected chi connectivity index (χ0v) is 14.9. The fraction of sp³-hybridized carbons (Fsp3) is 0.125. The van der Waals surface area contributed by atoms with Gasteiger partial charge in [-0.05, 0) is 30.5 Å². The normalized spacial score (nSPS) is 11.2. The molecule has 0 unspecified atom stereocenters. The molecule has 4 aromatic heterocycles. The molecular weight excluding hydrogens is 356 g/mol. The minimum Gasteiger partial charge on any atom is -0.335 e. The number of nitrogens with zero attached hydrogens (tertiary/aromatic N) is 5. The van der Waals surface area contributed by atoms with Crippen molar-refractivity contribution in [1.82, 2.24) is 24.3 Å².